The normalized spacial score (nSPS) is 20.4. The van der Waals surface area contributed by atoms with Crippen molar-refractivity contribution in [3.8, 4) is 0 Å². The van der Waals surface area contributed by atoms with E-state index in [1.807, 2.05) is 6.92 Å². The number of ether oxygens (including phenoxy) is 1. The largest absolute Gasteiger partial charge is 0.481 e. The molecule has 0 aromatic rings. The highest BCUT2D eigenvalue weighted by atomic mass is 16.5. The summed E-state index contributed by atoms with van der Waals surface area (Å²) in [7, 11) is 0. The van der Waals surface area contributed by atoms with Gasteiger partial charge in [0.05, 0.1) is 12.5 Å². The monoisotopic (exact) mass is 258 g/mol. The number of rotatable bonds is 6. The van der Waals surface area contributed by atoms with Gasteiger partial charge in [-0.25, -0.2) is 4.79 Å². The summed E-state index contributed by atoms with van der Waals surface area (Å²) in [5.74, 6) is -0.912. The summed E-state index contributed by atoms with van der Waals surface area (Å²) in [6, 6.07) is -0.588. The summed E-state index contributed by atoms with van der Waals surface area (Å²) in [6.45, 7) is 5.51. The van der Waals surface area contributed by atoms with Gasteiger partial charge >= 0.3 is 12.0 Å². The van der Waals surface area contributed by atoms with E-state index in [1.165, 1.54) is 0 Å². The van der Waals surface area contributed by atoms with Crippen molar-refractivity contribution in [1.82, 2.24) is 10.2 Å². The third-order valence-electron chi connectivity index (χ3n) is 2.97. The fourth-order valence-corrected chi connectivity index (χ4v) is 2.00. The average molecular weight is 258 g/mol. The minimum atomic E-state index is -0.912. The van der Waals surface area contributed by atoms with Crippen molar-refractivity contribution in [2.24, 2.45) is 0 Å². The molecule has 2 atom stereocenters. The van der Waals surface area contributed by atoms with Crippen LogP contribution in [0.1, 0.15) is 33.1 Å². The fraction of sp³-hybridized carbons (Fsp3) is 0.833. The highest BCUT2D eigenvalue weighted by Crippen LogP contribution is 2.13. The summed E-state index contributed by atoms with van der Waals surface area (Å²) < 4.78 is 5.49. The lowest BCUT2D eigenvalue weighted by Crippen LogP contribution is -2.47. The van der Waals surface area contributed by atoms with Gasteiger partial charge in [-0.05, 0) is 26.7 Å². The molecule has 0 aliphatic carbocycles. The molecule has 1 aliphatic heterocycles. The molecule has 104 valence electrons. The maximum atomic E-state index is 11.9. The lowest BCUT2D eigenvalue weighted by Gasteiger charge is -2.25. The highest BCUT2D eigenvalue weighted by Gasteiger charge is 2.22. The zero-order chi connectivity index (χ0) is 13.5. The Morgan fingerprint density at radius 1 is 1.56 bits per heavy atom. The van der Waals surface area contributed by atoms with Crippen molar-refractivity contribution in [3.05, 3.63) is 0 Å². The van der Waals surface area contributed by atoms with Crippen LogP contribution in [0.25, 0.3) is 0 Å². The lowest BCUT2D eigenvalue weighted by molar-refractivity contribution is -0.137. The molecule has 2 unspecified atom stereocenters. The Balaban J connectivity index is 2.38. The van der Waals surface area contributed by atoms with Gasteiger partial charge in [0.25, 0.3) is 0 Å². The van der Waals surface area contributed by atoms with Gasteiger partial charge in [0, 0.05) is 25.7 Å². The molecule has 2 N–H and O–H groups in total. The Morgan fingerprint density at radius 2 is 2.28 bits per heavy atom. The van der Waals surface area contributed by atoms with Crippen LogP contribution in [-0.4, -0.2) is 53.8 Å². The number of nitrogens with zero attached hydrogens (tertiary/aromatic N) is 1. The molecule has 0 aromatic carbocycles. The van der Waals surface area contributed by atoms with Gasteiger partial charge in [-0.1, -0.05) is 0 Å². The van der Waals surface area contributed by atoms with E-state index in [0.29, 0.717) is 13.1 Å². The zero-order valence-electron chi connectivity index (χ0n) is 11.0. The predicted molar refractivity (Wildman–Crippen MR) is 66.5 cm³/mol. The number of carboxylic acids is 1. The molecule has 1 fully saturated rings. The molecular weight excluding hydrogens is 236 g/mol. The van der Waals surface area contributed by atoms with Crippen molar-refractivity contribution >= 4 is 12.0 Å². The Kier molecular flexibility index (Phi) is 5.91. The summed E-state index contributed by atoms with van der Waals surface area (Å²) in [4.78, 5) is 24.1. The topological polar surface area (TPSA) is 78.9 Å². The van der Waals surface area contributed by atoms with Gasteiger partial charge in [0.2, 0.25) is 0 Å². The molecule has 1 rings (SSSR count). The molecule has 6 heteroatoms. The van der Waals surface area contributed by atoms with Gasteiger partial charge in [-0.15, -0.1) is 0 Å². The molecule has 18 heavy (non-hydrogen) atoms. The first-order valence-electron chi connectivity index (χ1n) is 6.41. The molecule has 2 amide bonds. The highest BCUT2D eigenvalue weighted by molar-refractivity contribution is 5.75. The van der Waals surface area contributed by atoms with Crippen molar-refractivity contribution in [3.63, 3.8) is 0 Å². The van der Waals surface area contributed by atoms with E-state index in [2.05, 4.69) is 5.32 Å². The number of urea groups is 1. The van der Waals surface area contributed by atoms with Crippen LogP contribution in [0.15, 0.2) is 0 Å². The third-order valence-corrected chi connectivity index (χ3v) is 2.97. The maximum Gasteiger partial charge on any atom is 0.317 e. The van der Waals surface area contributed by atoms with E-state index in [1.54, 1.807) is 11.8 Å². The average Bonchev–Trinajstić information content (AvgIpc) is 2.76. The molecule has 6 nitrogen and oxygen atoms in total. The molecule has 0 aromatic heterocycles. The standard InChI is InChI=1S/C12H22N2O4/c1-3-14(8-10-5-4-6-18-10)12(17)13-9(2)7-11(15)16/h9-10H,3-8H2,1-2H3,(H,13,17)(H,15,16). The number of hydrogen-bond donors (Lipinski definition) is 2. The molecule has 1 aliphatic rings. The van der Waals surface area contributed by atoms with Crippen molar-refractivity contribution in [2.75, 3.05) is 19.7 Å². The van der Waals surface area contributed by atoms with Crippen LogP contribution in [-0.2, 0) is 9.53 Å². The Hall–Kier alpha value is -1.30. The van der Waals surface area contributed by atoms with Crippen LogP contribution in [0.4, 0.5) is 4.79 Å². The van der Waals surface area contributed by atoms with E-state index in [9.17, 15) is 9.59 Å². The fourth-order valence-electron chi connectivity index (χ4n) is 2.00. The number of nitrogens with one attached hydrogen (secondary N) is 1. The van der Waals surface area contributed by atoms with Crippen LogP contribution in [0.3, 0.4) is 0 Å². The minimum absolute atomic E-state index is 0.0662. The molecule has 1 heterocycles. The third kappa shape index (κ3) is 4.91. The molecule has 0 bridgehead atoms. The summed E-state index contributed by atoms with van der Waals surface area (Å²) in [5, 5.41) is 11.3. The molecular formula is C12H22N2O4. The van der Waals surface area contributed by atoms with E-state index < -0.39 is 5.97 Å². The van der Waals surface area contributed by atoms with Gasteiger partial charge < -0.3 is 20.1 Å². The van der Waals surface area contributed by atoms with Crippen molar-refractivity contribution in [2.45, 2.75) is 45.3 Å². The number of likely N-dealkylation sites (N-methyl/N-ethyl adjacent to an activating group) is 1. The zero-order valence-corrected chi connectivity index (χ0v) is 11.0. The second kappa shape index (κ2) is 7.20. The van der Waals surface area contributed by atoms with E-state index in [4.69, 9.17) is 9.84 Å². The van der Waals surface area contributed by atoms with Gasteiger partial charge in [0.15, 0.2) is 0 Å². The minimum Gasteiger partial charge on any atom is -0.481 e. The summed E-state index contributed by atoms with van der Waals surface area (Å²) in [5.41, 5.74) is 0. The number of carbonyl (C=O) groups is 2. The lowest BCUT2D eigenvalue weighted by atomic mass is 10.2. The number of carbonyl (C=O) groups excluding carboxylic acids is 1. The SMILES string of the molecule is CCN(CC1CCCO1)C(=O)NC(C)CC(=O)O. The molecule has 1 saturated heterocycles. The van der Waals surface area contributed by atoms with Crippen LogP contribution in [0.5, 0.6) is 0 Å². The molecule has 0 radical (unpaired) electrons. The number of hydrogen-bond acceptors (Lipinski definition) is 3. The number of aliphatic carboxylic acids is 1. The second-order valence-corrected chi connectivity index (χ2v) is 4.62. The predicted octanol–water partition coefficient (Wildman–Crippen LogP) is 1.06. The van der Waals surface area contributed by atoms with Crippen LogP contribution >= 0.6 is 0 Å². The first-order valence-corrected chi connectivity index (χ1v) is 6.41. The van der Waals surface area contributed by atoms with Crippen LogP contribution < -0.4 is 5.32 Å². The Bertz CT molecular complexity index is 290. The van der Waals surface area contributed by atoms with Gasteiger partial charge in [-0.2, -0.15) is 0 Å². The van der Waals surface area contributed by atoms with Gasteiger partial charge in [-0.3, -0.25) is 4.79 Å². The van der Waals surface area contributed by atoms with Crippen molar-refractivity contribution in [1.29, 1.82) is 0 Å². The van der Waals surface area contributed by atoms with E-state index >= 15 is 0 Å². The first-order chi connectivity index (χ1) is 8.52. The Labute approximate surface area is 107 Å². The molecule has 0 saturated carbocycles. The smallest absolute Gasteiger partial charge is 0.317 e. The number of carboxylic acid groups (broad SMARTS) is 1. The molecule has 0 spiro atoms. The summed E-state index contributed by atoms with van der Waals surface area (Å²) >= 11 is 0. The van der Waals surface area contributed by atoms with Crippen molar-refractivity contribution < 1.29 is 19.4 Å². The van der Waals surface area contributed by atoms with Crippen LogP contribution in [0, 0.1) is 0 Å². The Morgan fingerprint density at radius 3 is 2.78 bits per heavy atom. The van der Waals surface area contributed by atoms with E-state index in [0.717, 1.165) is 19.4 Å². The van der Waals surface area contributed by atoms with Gasteiger partial charge in [0.1, 0.15) is 0 Å². The summed E-state index contributed by atoms with van der Waals surface area (Å²) in [6.07, 6.45) is 2.07. The quantitative estimate of drug-likeness (QED) is 0.746. The number of amides is 2. The second-order valence-electron chi connectivity index (χ2n) is 4.62. The van der Waals surface area contributed by atoms with E-state index in [-0.39, 0.29) is 24.6 Å². The maximum absolute atomic E-state index is 11.9. The first kappa shape index (κ1) is 14.8. The van der Waals surface area contributed by atoms with Crippen LogP contribution in [0.2, 0.25) is 0 Å².